The van der Waals surface area contributed by atoms with Crippen LogP contribution in [0.15, 0.2) is 36.8 Å². The van der Waals surface area contributed by atoms with Crippen molar-refractivity contribution in [2.24, 2.45) is 5.92 Å². The maximum Gasteiger partial charge on any atom is 0.256 e. The fourth-order valence-electron chi connectivity index (χ4n) is 6.85. The lowest BCUT2D eigenvalue weighted by atomic mass is 9.87. The van der Waals surface area contributed by atoms with Gasteiger partial charge in [-0.3, -0.25) is 19.5 Å². The molecule has 0 bridgehead atoms. The molecule has 3 saturated heterocycles. The van der Waals surface area contributed by atoms with E-state index in [0.717, 1.165) is 56.4 Å². The van der Waals surface area contributed by atoms with Crippen LogP contribution >= 0.6 is 0 Å². The highest BCUT2D eigenvalue weighted by atomic mass is 19.1. The van der Waals surface area contributed by atoms with Crippen LogP contribution < -0.4 is 0 Å². The average Bonchev–Trinajstić information content (AvgIpc) is 3.45. The van der Waals surface area contributed by atoms with Crippen LogP contribution in [0.5, 0.6) is 0 Å². The summed E-state index contributed by atoms with van der Waals surface area (Å²) in [5.74, 6) is 0.269. The van der Waals surface area contributed by atoms with Crippen LogP contribution in [0, 0.1) is 18.7 Å². The minimum Gasteiger partial charge on any atom is -0.340 e. The molecule has 8 heteroatoms. The maximum atomic E-state index is 14.4. The summed E-state index contributed by atoms with van der Waals surface area (Å²) in [5.41, 5.74) is 4.30. The monoisotopic (exact) mass is 531 g/mol. The van der Waals surface area contributed by atoms with Crippen LogP contribution in [0.1, 0.15) is 61.0 Å². The number of pyridine rings is 1. The van der Waals surface area contributed by atoms with Crippen LogP contribution in [-0.2, 0) is 11.2 Å². The van der Waals surface area contributed by atoms with Crippen LogP contribution in [0.25, 0.3) is 16.6 Å². The van der Waals surface area contributed by atoms with Gasteiger partial charge in [-0.25, -0.2) is 4.39 Å². The minimum atomic E-state index is -0.424. The predicted molar refractivity (Wildman–Crippen MR) is 150 cm³/mol. The van der Waals surface area contributed by atoms with Gasteiger partial charge in [0.25, 0.3) is 5.91 Å². The van der Waals surface area contributed by atoms with Crippen molar-refractivity contribution in [1.29, 1.82) is 0 Å². The van der Waals surface area contributed by atoms with Gasteiger partial charge in [0.05, 0.1) is 23.0 Å². The lowest BCUT2D eigenvalue weighted by Gasteiger charge is -2.48. The van der Waals surface area contributed by atoms with Crippen molar-refractivity contribution in [3.63, 3.8) is 0 Å². The number of hydrogen-bond acceptors (Lipinski definition) is 4. The Morgan fingerprint density at radius 2 is 1.97 bits per heavy atom. The van der Waals surface area contributed by atoms with Gasteiger partial charge in [0.1, 0.15) is 5.82 Å². The lowest BCUT2D eigenvalue weighted by molar-refractivity contribution is -0.131. The molecule has 3 aliphatic heterocycles. The largest absolute Gasteiger partial charge is 0.340 e. The molecule has 1 unspecified atom stereocenters. The Labute approximate surface area is 229 Å². The molecule has 1 aromatic carbocycles. The summed E-state index contributed by atoms with van der Waals surface area (Å²) in [5, 5.41) is 1.17. The zero-order valence-corrected chi connectivity index (χ0v) is 23.4. The number of nitrogens with zero attached hydrogens (tertiary/aromatic N) is 5. The molecule has 0 saturated carbocycles. The summed E-state index contributed by atoms with van der Waals surface area (Å²) in [7, 11) is 1.75. The van der Waals surface area contributed by atoms with E-state index in [1.807, 2.05) is 30.8 Å². The standard InChI is InChI=1S/C31H38FN5O2/c1-19(2)34(4)31(39)26-12-23(32)5-7-27(26)37-18-22(30-20(3)14-33-15-28(30)37)11-21-16-35(17-21)24-9-10-36-25(13-24)6-8-29(36)38/h5,7,12,14-15,18-19,21,24-25H,6,8-11,13,16-17H2,1-4H3/t24-,25?/m0/s1. The van der Waals surface area contributed by atoms with Crippen molar-refractivity contribution < 1.29 is 14.0 Å². The third kappa shape index (κ3) is 4.62. The maximum absolute atomic E-state index is 14.4. The van der Waals surface area contributed by atoms with E-state index in [4.69, 9.17) is 0 Å². The smallest absolute Gasteiger partial charge is 0.256 e. The number of rotatable bonds is 6. The molecule has 2 aromatic heterocycles. The normalized spacial score (nSPS) is 22.0. The molecule has 3 aromatic rings. The summed E-state index contributed by atoms with van der Waals surface area (Å²) >= 11 is 0. The first-order chi connectivity index (χ1) is 18.7. The first-order valence-corrected chi connectivity index (χ1v) is 14.3. The zero-order valence-electron chi connectivity index (χ0n) is 23.4. The third-order valence-corrected chi connectivity index (χ3v) is 9.23. The Morgan fingerprint density at radius 3 is 2.74 bits per heavy atom. The number of halogens is 1. The van der Waals surface area contributed by atoms with Crippen LogP contribution in [0.2, 0.25) is 0 Å². The quantitative estimate of drug-likeness (QED) is 0.467. The number of carbonyl (C=O) groups is 2. The predicted octanol–water partition coefficient (Wildman–Crippen LogP) is 4.58. The molecule has 7 nitrogen and oxygen atoms in total. The first-order valence-electron chi connectivity index (χ1n) is 14.3. The van der Waals surface area contributed by atoms with E-state index in [-0.39, 0.29) is 11.9 Å². The van der Waals surface area contributed by atoms with Gasteiger partial charge in [-0.15, -0.1) is 0 Å². The molecule has 2 amide bonds. The molecule has 6 rings (SSSR count). The third-order valence-electron chi connectivity index (χ3n) is 9.23. The SMILES string of the molecule is Cc1cncc2c1c(CC1CN([C@H]3CCN4C(=O)CCC4C3)C1)cn2-c1ccc(F)cc1C(=O)N(C)C(C)C. The van der Waals surface area contributed by atoms with Crippen molar-refractivity contribution in [1.82, 2.24) is 24.3 Å². The second-order valence-electron chi connectivity index (χ2n) is 12.0. The number of amides is 2. The minimum absolute atomic E-state index is 0.00236. The van der Waals surface area contributed by atoms with E-state index in [9.17, 15) is 14.0 Å². The topological polar surface area (TPSA) is 61.7 Å². The molecule has 39 heavy (non-hydrogen) atoms. The van der Waals surface area contributed by atoms with Gasteiger partial charge >= 0.3 is 0 Å². The van der Waals surface area contributed by atoms with Gasteiger partial charge in [-0.2, -0.15) is 0 Å². The molecule has 0 N–H and O–H groups in total. The number of likely N-dealkylation sites (tertiary alicyclic amines) is 1. The van der Waals surface area contributed by atoms with E-state index in [2.05, 4.69) is 27.9 Å². The number of carbonyl (C=O) groups excluding carboxylic acids is 2. The average molecular weight is 532 g/mol. The second kappa shape index (κ2) is 10.0. The fraction of sp³-hybridized carbons (Fsp3) is 0.516. The highest BCUT2D eigenvalue weighted by Crippen LogP contribution is 2.36. The van der Waals surface area contributed by atoms with Crippen molar-refractivity contribution in [2.45, 2.75) is 71.0 Å². The van der Waals surface area contributed by atoms with E-state index < -0.39 is 5.82 Å². The van der Waals surface area contributed by atoms with E-state index in [1.165, 1.54) is 23.1 Å². The van der Waals surface area contributed by atoms with Crippen molar-refractivity contribution in [3.05, 3.63) is 59.3 Å². The molecule has 0 spiro atoms. The van der Waals surface area contributed by atoms with E-state index >= 15 is 0 Å². The van der Waals surface area contributed by atoms with Gasteiger partial charge in [0, 0.05) is 69.0 Å². The summed E-state index contributed by atoms with van der Waals surface area (Å²) in [6.07, 6.45) is 10.7. The number of benzene rings is 1. The Hall–Kier alpha value is -3.26. The van der Waals surface area contributed by atoms with Gasteiger partial charge in [-0.1, -0.05) is 0 Å². The number of aryl methyl sites for hydroxylation is 1. The van der Waals surface area contributed by atoms with E-state index in [1.54, 1.807) is 18.0 Å². The van der Waals surface area contributed by atoms with Crippen molar-refractivity contribution in [3.8, 4) is 5.69 Å². The van der Waals surface area contributed by atoms with E-state index in [0.29, 0.717) is 41.6 Å². The molecular weight excluding hydrogens is 493 g/mol. The van der Waals surface area contributed by atoms with Crippen LogP contribution in [-0.4, -0.2) is 80.9 Å². The van der Waals surface area contributed by atoms with Gasteiger partial charge in [-0.05, 0) is 81.7 Å². The second-order valence-corrected chi connectivity index (χ2v) is 12.0. The van der Waals surface area contributed by atoms with Gasteiger partial charge < -0.3 is 14.4 Å². The highest BCUT2D eigenvalue weighted by Gasteiger charge is 2.41. The lowest BCUT2D eigenvalue weighted by Crippen LogP contribution is -2.57. The summed E-state index contributed by atoms with van der Waals surface area (Å²) < 4.78 is 16.4. The molecular formula is C31H38FN5O2. The molecule has 0 aliphatic carbocycles. The van der Waals surface area contributed by atoms with Gasteiger partial charge in [0.2, 0.25) is 5.91 Å². The molecule has 2 atom stereocenters. The summed E-state index contributed by atoms with van der Waals surface area (Å²) in [6.45, 7) is 9.02. The molecule has 0 radical (unpaired) electrons. The zero-order chi connectivity index (χ0) is 27.4. The summed E-state index contributed by atoms with van der Waals surface area (Å²) in [6, 6.07) is 5.48. The Balaban J connectivity index is 1.25. The number of aromatic nitrogens is 2. The molecule has 3 fully saturated rings. The number of fused-ring (bicyclic) bond motifs is 2. The molecule has 3 aliphatic rings. The fourth-order valence-corrected chi connectivity index (χ4v) is 6.85. The Kier molecular flexibility index (Phi) is 6.69. The Morgan fingerprint density at radius 1 is 1.18 bits per heavy atom. The Bertz CT molecular complexity index is 1430. The number of piperidine rings is 1. The van der Waals surface area contributed by atoms with Gasteiger partial charge in [0.15, 0.2) is 0 Å². The van der Waals surface area contributed by atoms with Crippen molar-refractivity contribution in [2.75, 3.05) is 26.7 Å². The number of hydrogen-bond donors (Lipinski definition) is 0. The highest BCUT2D eigenvalue weighted by molar-refractivity contribution is 5.99. The molecule has 5 heterocycles. The summed E-state index contributed by atoms with van der Waals surface area (Å²) in [4.78, 5) is 36.2. The first kappa shape index (κ1) is 26.0. The molecule has 206 valence electrons. The van der Waals surface area contributed by atoms with Crippen molar-refractivity contribution >= 4 is 22.7 Å². The van der Waals surface area contributed by atoms with Crippen LogP contribution in [0.4, 0.5) is 4.39 Å². The van der Waals surface area contributed by atoms with Crippen LogP contribution in [0.3, 0.4) is 0 Å².